The van der Waals surface area contributed by atoms with E-state index in [4.69, 9.17) is 0 Å². The quantitative estimate of drug-likeness (QED) is 0.843. The normalized spacial score (nSPS) is 25.9. The molecule has 90 valence electrons. The molecule has 0 aliphatic carbocycles. The van der Waals surface area contributed by atoms with Crippen LogP contribution in [0.25, 0.3) is 0 Å². The van der Waals surface area contributed by atoms with Crippen molar-refractivity contribution in [2.75, 3.05) is 13.1 Å². The highest BCUT2D eigenvalue weighted by atomic mass is 15.3. The number of aromatic nitrogens is 2. The van der Waals surface area contributed by atoms with Gasteiger partial charge in [0.05, 0.1) is 5.69 Å². The summed E-state index contributed by atoms with van der Waals surface area (Å²) in [5.41, 5.74) is 2.60. The first kappa shape index (κ1) is 11.6. The van der Waals surface area contributed by atoms with Crippen molar-refractivity contribution in [3.8, 4) is 0 Å². The summed E-state index contributed by atoms with van der Waals surface area (Å²) in [5, 5.41) is 8.03. The summed E-state index contributed by atoms with van der Waals surface area (Å²) >= 11 is 0. The predicted molar refractivity (Wildman–Crippen MR) is 66.4 cm³/mol. The lowest BCUT2D eigenvalue weighted by atomic mass is 9.88. The summed E-state index contributed by atoms with van der Waals surface area (Å²) in [5.74, 6) is 1.60. The van der Waals surface area contributed by atoms with E-state index in [0.717, 1.165) is 24.8 Å². The van der Waals surface area contributed by atoms with E-state index >= 15 is 0 Å². The predicted octanol–water partition coefficient (Wildman–Crippen LogP) is 1.77. The Morgan fingerprint density at radius 2 is 2.31 bits per heavy atom. The van der Waals surface area contributed by atoms with Gasteiger partial charge in [-0.3, -0.25) is 4.68 Å². The van der Waals surface area contributed by atoms with Crippen LogP contribution in [-0.2, 0) is 19.9 Å². The van der Waals surface area contributed by atoms with Gasteiger partial charge in [0.1, 0.15) is 0 Å². The van der Waals surface area contributed by atoms with E-state index in [1.807, 2.05) is 0 Å². The average Bonchev–Trinajstić information content (AvgIpc) is 2.60. The van der Waals surface area contributed by atoms with Gasteiger partial charge in [-0.15, -0.1) is 0 Å². The lowest BCUT2D eigenvalue weighted by Gasteiger charge is -2.27. The van der Waals surface area contributed by atoms with Crippen molar-refractivity contribution in [1.82, 2.24) is 15.1 Å². The highest BCUT2D eigenvalue weighted by Gasteiger charge is 2.20. The Hall–Kier alpha value is -0.830. The molecule has 2 rings (SSSR count). The van der Waals surface area contributed by atoms with Gasteiger partial charge in [-0.25, -0.2) is 0 Å². The van der Waals surface area contributed by atoms with E-state index in [9.17, 15) is 0 Å². The van der Waals surface area contributed by atoms with Crippen molar-refractivity contribution in [1.29, 1.82) is 0 Å². The number of nitrogens with zero attached hydrogens (tertiary/aromatic N) is 2. The van der Waals surface area contributed by atoms with E-state index in [0.29, 0.717) is 0 Å². The molecular formula is C13H23N3. The van der Waals surface area contributed by atoms with E-state index in [2.05, 4.69) is 42.1 Å². The van der Waals surface area contributed by atoms with Crippen LogP contribution >= 0.6 is 0 Å². The Balaban J connectivity index is 1.99. The molecule has 1 aromatic rings. The fourth-order valence-corrected chi connectivity index (χ4v) is 2.66. The van der Waals surface area contributed by atoms with Crippen LogP contribution < -0.4 is 5.32 Å². The number of rotatable bonds is 3. The maximum atomic E-state index is 4.51. The largest absolute Gasteiger partial charge is 0.316 e. The van der Waals surface area contributed by atoms with Crippen molar-refractivity contribution in [2.45, 2.75) is 33.1 Å². The molecule has 1 aromatic heterocycles. The first-order chi connectivity index (χ1) is 7.69. The number of piperidine rings is 1. The summed E-state index contributed by atoms with van der Waals surface area (Å²) < 4.78 is 2.05. The molecule has 0 aromatic carbocycles. The van der Waals surface area contributed by atoms with Gasteiger partial charge in [0, 0.05) is 12.7 Å². The zero-order valence-electron chi connectivity index (χ0n) is 10.7. The molecule has 3 heteroatoms. The second-order valence-corrected chi connectivity index (χ2v) is 5.17. The highest BCUT2D eigenvalue weighted by Crippen LogP contribution is 2.20. The maximum Gasteiger partial charge on any atom is 0.0624 e. The molecule has 2 atom stereocenters. The van der Waals surface area contributed by atoms with E-state index in [1.54, 1.807) is 0 Å². The lowest BCUT2D eigenvalue weighted by molar-refractivity contribution is 0.298. The van der Waals surface area contributed by atoms with Crippen LogP contribution in [0, 0.1) is 11.8 Å². The fraction of sp³-hybridized carbons (Fsp3) is 0.769. The molecule has 1 aliphatic rings. The summed E-state index contributed by atoms with van der Waals surface area (Å²) in [4.78, 5) is 0. The molecule has 0 radical (unpaired) electrons. The maximum absolute atomic E-state index is 4.51. The molecular weight excluding hydrogens is 198 g/mol. The molecule has 2 unspecified atom stereocenters. The van der Waals surface area contributed by atoms with Crippen molar-refractivity contribution < 1.29 is 0 Å². The van der Waals surface area contributed by atoms with Crippen molar-refractivity contribution in [3.05, 3.63) is 17.5 Å². The molecule has 0 bridgehead atoms. The number of nitrogens with one attached hydrogen (secondary N) is 1. The van der Waals surface area contributed by atoms with Gasteiger partial charge in [0.25, 0.3) is 0 Å². The minimum Gasteiger partial charge on any atom is -0.316 e. The van der Waals surface area contributed by atoms with Crippen LogP contribution in [0.5, 0.6) is 0 Å². The van der Waals surface area contributed by atoms with Gasteiger partial charge >= 0.3 is 0 Å². The van der Waals surface area contributed by atoms with Crippen LogP contribution in [0.4, 0.5) is 0 Å². The topological polar surface area (TPSA) is 29.9 Å². The molecule has 1 saturated heterocycles. The number of hydrogen-bond donors (Lipinski definition) is 1. The number of aryl methyl sites for hydroxylation is 2. The van der Waals surface area contributed by atoms with E-state index in [1.165, 1.54) is 30.8 Å². The van der Waals surface area contributed by atoms with Gasteiger partial charge in [-0.05, 0) is 50.3 Å². The van der Waals surface area contributed by atoms with E-state index in [-0.39, 0.29) is 0 Å². The highest BCUT2D eigenvalue weighted by molar-refractivity contribution is 5.11. The third kappa shape index (κ3) is 2.64. The zero-order chi connectivity index (χ0) is 11.5. The second kappa shape index (κ2) is 5.00. The first-order valence-corrected chi connectivity index (χ1v) is 6.41. The van der Waals surface area contributed by atoms with Crippen LogP contribution in [0.2, 0.25) is 0 Å². The van der Waals surface area contributed by atoms with Crippen LogP contribution in [0.15, 0.2) is 6.07 Å². The monoisotopic (exact) mass is 221 g/mol. The first-order valence-electron chi connectivity index (χ1n) is 6.41. The standard InChI is InChI=1S/C13H23N3/c1-4-12-7-13(16(3)15-12)6-11-5-10(2)8-14-9-11/h7,10-11,14H,4-6,8-9H2,1-3H3. The SMILES string of the molecule is CCc1cc(CC2CNCC(C)C2)n(C)n1. The summed E-state index contributed by atoms with van der Waals surface area (Å²) in [6, 6.07) is 2.26. The Bertz CT molecular complexity index is 343. The Kier molecular flexibility index (Phi) is 3.64. The van der Waals surface area contributed by atoms with Gasteiger partial charge in [-0.2, -0.15) is 5.10 Å². The summed E-state index contributed by atoms with van der Waals surface area (Å²) in [7, 11) is 2.06. The van der Waals surface area contributed by atoms with Gasteiger partial charge in [-0.1, -0.05) is 13.8 Å². The lowest BCUT2D eigenvalue weighted by Crippen LogP contribution is -2.36. The minimum atomic E-state index is 0.781. The van der Waals surface area contributed by atoms with E-state index < -0.39 is 0 Å². The van der Waals surface area contributed by atoms with Crippen molar-refractivity contribution >= 4 is 0 Å². The summed E-state index contributed by atoms with van der Waals surface area (Å²) in [6.07, 6.45) is 3.55. The third-order valence-corrected chi connectivity index (χ3v) is 3.55. The van der Waals surface area contributed by atoms with Crippen molar-refractivity contribution in [2.24, 2.45) is 18.9 Å². The third-order valence-electron chi connectivity index (χ3n) is 3.55. The van der Waals surface area contributed by atoms with Crippen LogP contribution in [0.1, 0.15) is 31.7 Å². The molecule has 0 saturated carbocycles. The second-order valence-electron chi connectivity index (χ2n) is 5.17. The molecule has 16 heavy (non-hydrogen) atoms. The minimum absolute atomic E-state index is 0.781. The zero-order valence-corrected chi connectivity index (χ0v) is 10.7. The van der Waals surface area contributed by atoms with Gasteiger partial charge < -0.3 is 5.32 Å². The molecule has 2 heterocycles. The molecule has 0 amide bonds. The molecule has 1 N–H and O–H groups in total. The fourth-order valence-electron chi connectivity index (χ4n) is 2.66. The molecule has 0 spiro atoms. The Labute approximate surface area is 98.2 Å². The Morgan fingerprint density at radius 1 is 1.50 bits per heavy atom. The van der Waals surface area contributed by atoms with Gasteiger partial charge in [0.2, 0.25) is 0 Å². The molecule has 1 fully saturated rings. The number of hydrogen-bond acceptors (Lipinski definition) is 2. The van der Waals surface area contributed by atoms with Crippen LogP contribution in [0.3, 0.4) is 0 Å². The van der Waals surface area contributed by atoms with Crippen molar-refractivity contribution in [3.63, 3.8) is 0 Å². The Morgan fingerprint density at radius 3 is 2.94 bits per heavy atom. The van der Waals surface area contributed by atoms with Gasteiger partial charge in [0.15, 0.2) is 0 Å². The molecule has 3 nitrogen and oxygen atoms in total. The smallest absolute Gasteiger partial charge is 0.0624 e. The average molecular weight is 221 g/mol. The molecule has 1 aliphatic heterocycles. The van der Waals surface area contributed by atoms with Crippen LogP contribution in [-0.4, -0.2) is 22.9 Å². The summed E-state index contributed by atoms with van der Waals surface area (Å²) in [6.45, 7) is 6.84.